The van der Waals surface area contributed by atoms with Crippen LogP contribution >= 0.6 is 0 Å². The summed E-state index contributed by atoms with van der Waals surface area (Å²) in [5, 5.41) is 22.6. The SMILES string of the molecule is O=C(O)C1CNCCN1Cc1ccc([N+](=O)[O-])c(F)c1. The van der Waals surface area contributed by atoms with Crippen LogP contribution in [0.5, 0.6) is 0 Å². The van der Waals surface area contributed by atoms with Crippen molar-refractivity contribution in [2.45, 2.75) is 12.6 Å². The molecule has 0 amide bonds. The van der Waals surface area contributed by atoms with Crippen LogP contribution in [0.2, 0.25) is 0 Å². The third-order valence-corrected chi connectivity index (χ3v) is 3.23. The Morgan fingerprint density at radius 1 is 1.60 bits per heavy atom. The van der Waals surface area contributed by atoms with Gasteiger partial charge in [0.15, 0.2) is 0 Å². The van der Waals surface area contributed by atoms with Crippen molar-refractivity contribution in [3.63, 3.8) is 0 Å². The number of nitro benzene ring substituents is 1. The average molecular weight is 283 g/mol. The third-order valence-electron chi connectivity index (χ3n) is 3.23. The van der Waals surface area contributed by atoms with Crippen molar-refractivity contribution in [3.05, 3.63) is 39.7 Å². The molecule has 108 valence electrons. The van der Waals surface area contributed by atoms with Gasteiger partial charge in [0, 0.05) is 32.2 Å². The monoisotopic (exact) mass is 283 g/mol. The highest BCUT2D eigenvalue weighted by Crippen LogP contribution is 2.19. The van der Waals surface area contributed by atoms with Crippen molar-refractivity contribution < 1.29 is 19.2 Å². The van der Waals surface area contributed by atoms with Gasteiger partial charge in [-0.2, -0.15) is 4.39 Å². The van der Waals surface area contributed by atoms with Crippen LogP contribution in [-0.2, 0) is 11.3 Å². The number of carbonyl (C=O) groups is 1. The van der Waals surface area contributed by atoms with Crippen LogP contribution < -0.4 is 5.32 Å². The Morgan fingerprint density at radius 3 is 2.95 bits per heavy atom. The second-order valence-electron chi connectivity index (χ2n) is 4.57. The Balaban J connectivity index is 2.14. The molecular formula is C12H14FN3O4. The number of benzene rings is 1. The minimum Gasteiger partial charge on any atom is -0.480 e. The van der Waals surface area contributed by atoms with Crippen molar-refractivity contribution in [1.82, 2.24) is 10.2 Å². The number of nitro groups is 1. The first-order valence-electron chi connectivity index (χ1n) is 6.09. The molecule has 1 aliphatic rings. The second-order valence-corrected chi connectivity index (χ2v) is 4.57. The molecule has 2 rings (SSSR count). The van der Waals surface area contributed by atoms with E-state index < -0.39 is 28.4 Å². The number of nitrogens with zero attached hydrogens (tertiary/aromatic N) is 2. The smallest absolute Gasteiger partial charge is 0.322 e. The van der Waals surface area contributed by atoms with Crippen molar-refractivity contribution in [2.24, 2.45) is 0 Å². The topological polar surface area (TPSA) is 95.7 Å². The number of hydrogen-bond acceptors (Lipinski definition) is 5. The Bertz CT molecular complexity index is 537. The van der Waals surface area contributed by atoms with Crippen LogP contribution in [-0.4, -0.2) is 46.6 Å². The van der Waals surface area contributed by atoms with Crippen molar-refractivity contribution in [2.75, 3.05) is 19.6 Å². The predicted octanol–water partition coefficient (Wildman–Crippen LogP) is 0.592. The van der Waals surface area contributed by atoms with Gasteiger partial charge in [-0.1, -0.05) is 6.07 Å². The summed E-state index contributed by atoms with van der Waals surface area (Å²) in [5.74, 6) is -1.85. The summed E-state index contributed by atoms with van der Waals surface area (Å²) in [6.45, 7) is 1.74. The summed E-state index contributed by atoms with van der Waals surface area (Å²) in [6.07, 6.45) is 0. The zero-order chi connectivity index (χ0) is 14.7. The van der Waals surface area contributed by atoms with Gasteiger partial charge in [0.2, 0.25) is 5.82 Å². The summed E-state index contributed by atoms with van der Waals surface area (Å²) in [7, 11) is 0. The fourth-order valence-electron chi connectivity index (χ4n) is 2.21. The predicted molar refractivity (Wildman–Crippen MR) is 67.8 cm³/mol. The lowest BCUT2D eigenvalue weighted by Gasteiger charge is -2.33. The van der Waals surface area contributed by atoms with Gasteiger partial charge in [-0.05, 0) is 11.6 Å². The van der Waals surface area contributed by atoms with Gasteiger partial charge >= 0.3 is 11.7 Å². The molecular weight excluding hydrogens is 269 g/mol. The van der Waals surface area contributed by atoms with Crippen LogP contribution in [0.15, 0.2) is 18.2 Å². The lowest BCUT2D eigenvalue weighted by molar-refractivity contribution is -0.387. The average Bonchev–Trinajstić information content (AvgIpc) is 2.38. The molecule has 1 fully saturated rings. The first-order valence-corrected chi connectivity index (χ1v) is 6.09. The molecule has 1 unspecified atom stereocenters. The number of hydrogen-bond donors (Lipinski definition) is 2. The van der Waals surface area contributed by atoms with Gasteiger partial charge in [0.25, 0.3) is 0 Å². The summed E-state index contributed by atoms with van der Waals surface area (Å²) >= 11 is 0. The fourth-order valence-corrected chi connectivity index (χ4v) is 2.21. The quantitative estimate of drug-likeness (QED) is 0.620. The number of aliphatic carboxylic acids is 1. The molecule has 20 heavy (non-hydrogen) atoms. The molecule has 1 aromatic rings. The van der Waals surface area contributed by atoms with Crippen molar-refractivity contribution in [3.8, 4) is 0 Å². The minimum atomic E-state index is -0.945. The number of carboxylic acids is 1. The summed E-state index contributed by atoms with van der Waals surface area (Å²) < 4.78 is 13.5. The fraction of sp³-hybridized carbons (Fsp3) is 0.417. The zero-order valence-corrected chi connectivity index (χ0v) is 10.6. The Kier molecular flexibility index (Phi) is 4.26. The molecule has 0 spiro atoms. The summed E-state index contributed by atoms with van der Waals surface area (Å²) in [5.41, 5.74) is -0.0647. The van der Waals surface area contributed by atoms with Gasteiger partial charge in [0.1, 0.15) is 6.04 Å². The van der Waals surface area contributed by atoms with Crippen LogP contribution in [0.25, 0.3) is 0 Å². The van der Waals surface area contributed by atoms with E-state index in [1.165, 1.54) is 6.07 Å². The van der Waals surface area contributed by atoms with E-state index in [1.54, 1.807) is 4.90 Å². The normalized spacial score (nSPS) is 19.8. The molecule has 1 saturated heterocycles. The highest BCUT2D eigenvalue weighted by molar-refractivity contribution is 5.74. The number of halogens is 1. The van der Waals surface area contributed by atoms with Gasteiger partial charge < -0.3 is 10.4 Å². The third kappa shape index (κ3) is 3.09. The van der Waals surface area contributed by atoms with Crippen LogP contribution in [0, 0.1) is 15.9 Å². The van der Waals surface area contributed by atoms with Gasteiger partial charge in [0.05, 0.1) is 4.92 Å². The molecule has 7 nitrogen and oxygen atoms in total. The summed E-state index contributed by atoms with van der Waals surface area (Å²) in [4.78, 5) is 22.6. The summed E-state index contributed by atoms with van der Waals surface area (Å²) in [6, 6.07) is 2.95. The van der Waals surface area contributed by atoms with E-state index >= 15 is 0 Å². The van der Waals surface area contributed by atoms with Crippen LogP contribution in [0.1, 0.15) is 5.56 Å². The van der Waals surface area contributed by atoms with Gasteiger partial charge in [-0.3, -0.25) is 19.8 Å². The minimum absolute atomic E-state index is 0.244. The molecule has 0 saturated carbocycles. The van der Waals surface area contributed by atoms with E-state index in [-0.39, 0.29) is 6.54 Å². The van der Waals surface area contributed by atoms with E-state index in [0.717, 1.165) is 12.1 Å². The van der Waals surface area contributed by atoms with Crippen LogP contribution in [0.4, 0.5) is 10.1 Å². The lowest BCUT2D eigenvalue weighted by Crippen LogP contribution is -2.54. The maximum absolute atomic E-state index is 13.5. The zero-order valence-electron chi connectivity index (χ0n) is 10.6. The highest BCUT2D eigenvalue weighted by Gasteiger charge is 2.28. The Labute approximate surface area is 114 Å². The molecule has 1 aliphatic heterocycles. The Morgan fingerprint density at radius 2 is 2.35 bits per heavy atom. The first-order chi connectivity index (χ1) is 9.49. The molecule has 1 atom stereocenters. The van der Waals surface area contributed by atoms with Gasteiger partial charge in [-0.25, -0.2) is 0 Å². The number of nitrogens with one attached hydrogen (secondary N) is 1. The molecule has 0 radical (unpaired) electrons. The molecule has 0 aromatic heterocycles. The highest BCUT2D eigenvalue weighted by atomic mass is 19.1. The van der Waals surface area contributed by atoms with E-state index in [2.05, 4.69) is 5.32 Å². The molecule has 1 heterocycles. The molecule has 1 aromatic carbocycles. The van der Waals surface area contributed by atoms with E-state index in [9.17, 15) is 19.3 Å². The molecule has 2 N–H and O–H groups in total. The second kappa shape index (κ2) is 5.93. The standard InChI is InChI=1S/C12H14FN3O4/c13-9-5-8(1-2-10(9)16(19)20)7-15-4-3-14-6-11(15)12(17)18/h1-2,5,11,14H,3-4,6-7H2,(H,17,18). The number of rotatable bonds is 4. The molecule has 8 heteroatoms. The first kappa shape index (κ1) is 14.4. The maximum Gasteiger partial charge on any atom is 0.322 e. The Hall–Kier alpha value is -2.06. The largest absolute Gasteiger partial charge is 0.480 e. The number of piperazine rings is 1. The van der Waals surface area contributed by atoms with Crippen LogP contribution in [0.3, 0.4) is 0 Å². The lowest BCUT2D eigenvalue weighted by atomic mass is 10.1. The van der Waals surface area contributed by atoms with E-state index in [1.807, 2.05) is 0 Å². The molecule has 0 aliphatic carbocycles. The van der Waals surface area contributed by atoms with E-state index in [4.69, 9.17) is 5.11 Å². The van der Waals surface area contributed by atoms with Crippen molar-refractivity contribution >= 4 is 11.7 Å². The number of carboxylic acid groups (broad SMARTS) is 1. The van der Waals surface area contributed by atoms with E-state index in [0.29, 0.717) is 25.2 Å². The maximum atomic E-state index is 13.5. The van der Waals surface area contributed by atoms with Gasteiger partial charge in [-0.15, -0.1) is 0 Å². The van der Waals surface area contributed by atoms with Crippen molar-refractivity contribution in [1.29, 1.82) is 0 Å². The molecule has 0 bridgehead atoms.